The fourth-order valence-corrected chi connectivity index (χ4v) is 3.56. The van der Waals surface area contributed by atoms with E-state index in [9.17, 15) is 9.59 Å². The van der Waals surface area contributed by atoms with Crippen molar-refractivity contribution in [3.8, 4) is 0 Å². The van der Waals surface area contributed by atoms with Gasteiger partial charge >= 0.3 is 0 Å². The van der Waals surface area contributed by atoms with Crippen LogP contribution in [0.3, 0.4) is 0 Å². The summed E-state index contributed by atoms with van der Waals surface area (Å²) in [6.45, 7) is 8.68. The summed E-state index contributed by atoms with van der Waals surface area (Å²) in [4.78, 5) is 32.0. The number of para-hydroxylation sites is 2. The normalized spacial score (nSPS) is 10.6. The fraction of sp³-hybridized carbons (Fsp3) is 0.190. The number of nitrogens with zero attached hydrogens (tertiary/aromatic N) is 3. The molecule has 0 aliphatic carbocycles. The number of aromatic nitrogens is 2. The number of carbonyl (C=O) groups excluding carboxylic acids is 2. The largest absolute Gasteiger partial charge is 0.344 e. The summed E-state index contributed by atoms with van der Waals surface area (Å²) < 4.78 is 1.85. The molecule has 144 valence electrons. The van der Waals surface area contributed by atoms with Crippen LogP contribution in [-0.4, -0.2) is 39.4 Å². The van der Waals surface area contributed by atoms with E-state index >= 15 is 0 Å². The Bertz CT molecular complexity index is 981. The van der Waals surface area contributed by atoms with Crippen molar-refractivity contribution in [1.29, 1.82) is 0 Å². The average Bonchev–Trinajstić information content (AvgIpc) is 3.35. The number of carbonyl (C=O) groups is 2. The van der Waals surface area contributed by atoms with Gasteiger partial charge in [0.15, 0.2) is 0 Å². The van der Waals surface area contributed by atoms with Crippen LogP contribution in [0.4, 0.5) is 0 Å². The Morgan fingerprint density at radius 3 is 2.57 bits per heavy atom. The van der Waals surface area contributed by atoms with E-state index in [0.717, 1.165) is 11.0 Å². The van der Waals surface area contributed by atoms with Gasteiger partial charge in [0.1, 0.15) is 12.4 Å². The lowest BCUT2D eigenvalue weighted by Crippen LogP contribution is -2.35. The summed E-state index contributed by atoms with van der Waals surface area (Å²) in [5.74, 6) is 0.422. The number of hydrogen-bond acceptors (Lipinski definition) is 4. The Morgan fingerprint density at radius 2 is 1.89 bits per heavy atom. The zero-order valence-corrected chi connectivity index (χ0v) is 16.3. The van der Waals surface area contributed by atoms with Gasteiger partial charge in [-0.3, -0.25) is 9.59 Å². The van der Waals surface area contributed by atoms with E-state index in [-0.39, 0.29) is 24.9 Å². The van der Waals surface area contributed by atoms with Gasteiger partial charge in [-0.1, -0.05) is 30.4 Å². The molecule has 3 rings (SSSR count). The maximum absolute atomic E-state index is 12.8. The minimum atomic E-state index is -0.153. The zero-order chi connectivity index (χ0) is 19.9. The van der Waals surface area contributed by atoms with Gasteiger partial charge in [-0.2, -0.15) is 0 Å². The molecule has 3 aromatic rings. The van der Waals surface area contributed by atoms with Crippen LogP contribution in [0.2, 0.25) is 0 Å². The lowest BCUT2D eigenvalue weighted by atomic mass is 10.3. The number of fused-ring (bicyclic) bond motifs is 1. The molecule has 0 aliphatic heterocycles. The fourth-order valence-electron chi connectivity index (χ4n) is 2.92. The molecule has 0 bridgehead atoms. The Hall–Kier alpha value is -3.19. The third kappa shape index (κ3) is 4.37. The number of rotatable bonds is 9. The molecule has 0 fully saturated rings. The first kappa shape index (κ1) is 19.6. The van der Waals surface area contributed by atoms with Gasteiger partial charge in [-0.05, 0) is 23.6 Å². The van der Waals surface area contributed by atoms with Crippen molar-refractivity contribution in [3.63, 3.8) is 0 Å². The summed E-state index contributed by atoms with van der Waals surface area (Å²) in [6.07, 6.45) is 3.38. The minimum absolute atomic E-state index is 0.0613. The average molecular weight is 395 g/mol. The lowest BCUT2D eigenvalue weighted by Gasteiger charge is -2.20. The molecule has 0 unspecified atom stereocenters. The van der Waals surface area contributed by atoms with Crippen molar-refractivity contribution < 1.29 is 9.59 Å². The van der Waals surface area contributed by atoms with E-state index < -0.39 is 0 Å². The van der Waals surface area contributed by atoms with Crippen LogP contribution >= 0.6 is 11.3 Å². The highest BCUT2D eigenvalue weighted by Gasteiger charge is 2.18. The summed E-state index contributed by atoms with van der Waals surface area (Å²) in [5, 5.41) is 4.74. The van der Waals surface area contributed by atoms with E-state index in [1.807, 2.05) is 40.3 Å². The van der Waals surface area contributed by atoms with Crippen molar-refractivity contribution in [2.24, 2.45) is 0 Å². The van der Waals surface area contributed by atoms with Crippen LogP contribution in [0.15, 0.2) is 67.1 Å². The molecule has 7 heteroatoms. The predicted molar refractivity (Wildman–Crippen MR) is 112 cm³/mol. The monoisotopic (exact) mass is 394 g/mol. The van der Waals surface area contributed by atoms with Crippen LogP contribution in [0.25, 0.3) is 11.0 Å². The van der Waals surface area contributed by atoms with Crippen LogP contribution in [0.5, 0.6) is 0 Å². The molecule has 28 heavy (non-hydrogen) atoms. The number of benzene rings is 1. The maximum atomic E-state index is 12.8. The first-order valence-corrected chi connectivity index (χ1v) is 9.77. The Labute approximate surface area is 167 Å². The number of nitrogens with one attached hydrogen (secondary N) is 1. The van der Waals surface area contributed by atoms with Crippen molar-refractivity contribution in [1.82, 2.24) is 19.8 Å². The van der Waals surface area contributed by atoms with Gasteiger partial charge < -0.3 is 14.8 Å². The molecule has 0 saturated carbocycles. The Balaban J connectivity index is 1.84. The highest BCUT2D eigenvalue weighted by atomic mass is 32.1. The molecule has 2 aromatic heterocycles. The van der Waals surface area contributed by atoms with Crippen molar-refractivity contribution in [3.05, 3.63) is 77.8 Å². The second kappa shape index (κ2) is 9.14. The second-order valence-corrected chi connectivity index (χ2v) is 7.09. The van der Waals surface area contributed by atoms with Gasteiger partial charge in [0.05, 0.1) is 22.5 Å². The zero-order valence-electron chi connectivity index (χ0n) is 15.5. The van der Waals surface area contributed by atoms with Crippen LogP contribution in [0, 0.1) is 0 Å². The number of hydrogen-bond donors (Lipinski definition) is 1. The van der Waals surface area contributed by atoms with Gasteiger partial charge in [0.25, 0.3) is 5.91 Å². The molecule has 1 aromatic carbocycles. The van der Waals surface area contributed by atoms with Gasteiger partial charge in [0, 0.05) is 13.1 Å². The number of amides is 2. The summed E-state index contributed by atoms with van der Waals surface area (Å²) in [5.41, 5.74) is 1.64. The summed E-state index contributed by atoms with van der Waals surface area (Å²) in [6, 6.07) is 11.2. The van der Waals surface area contributed by atoms with E-state index in [1.165, 1.54) is 11.3 Å². The van der Waals surface area contributed by atoms with Crippen LogP contribution < -0.4 is 5.32 Å². The summed E-state index contributed by atoms with van der Waals surface area (Å²) in [7, 11) is 0. The standard InChI is InChI=1S/C21H22N4O2S/c1-3-11-24(12-4-2)20(26)15-25-17-9-6-5-8-16(17)23-19(25)14-22-21(27)18-10-7-13-28-18/h3-10,13H,1-2,11-12,14-15H2,(H,22,27). The van der Waals surface area contributed by atoms with E-state index in [4.69, 9.17) is 0 Å². The highest BCUT2D eigenvalue weighted by Crippen LogP contribution is 2.17. The van der Waals surface area contributed by atoms with E-state index in [0.29, 0.717) is 23.8 Å². The van der Waals surface area contributed by atoms with Crippen LogP contribution in [-0.2, 0) is 17.9 Å². The van der Waals surface area contributed by atoms with Crippen LogP contribution in [0.1, 0.15) is 15.5 Å². The Kier molecular flexibility index (Phi) is 6.39. The van der Waals surface area contributed by atoms with Crippen molar-refractivity contribution >= 4 is 34.2 Å². The highest BCUT2D eigenvalue weighted by molar-refractivity contribution is 7.12. The smallest absolute Gasteiger partial charge is 0.261 e. The molecule has 1 N–H and O–H groups in total. The molecular weight excluding hydrogens is 372 g/mol. The first-order chi connectivity index (χ1) is 13.6. The molecule has 0 saturated heterocycles. The molecular formula is C21H22N4O2S. The molecule has 2 heterocycles. The Morgan fingerprint density at radius 1 is 1.14 bits per heavy atom. The van der Waals surface area contributed by atoms with Crippen molar-refractivity contribution in [2.75, 3.05) is 13.1 Å². The molecule has 0 aliphatic rings. The maximum Gasteiger partial charge on any atom is 0.261 e. The van der Waals surface area contributed by atoms with E-state index in [2.05, 4.69) is 23.5 Å². The molecule has 0 spiro atoms. The van der Waals surface area contributed by atoms with Gasteiger partial charge in [-0.25, -0.2) is 4.98 Å². The molecule has 6 nitrogen and oxygen atoms in total. The number of thiophene rings is 1. The SMILES string of the molecule is C=CCN(CC=C)C(=O)Cn1c(CNC(=O)c2cccs2)nc2ccccc21. The molecule has 0 radical (unpaired) electrons. The van der Waals surface area contributed by atoms with Gasteiger partial charge in [-0.15, -0.1) is 24.5 Å². The summed E-state index contributed by atoms with van der Waals surface area (Å²) >= 11 is 1.38. The molecule has 0 atom stereocenters. The third-order valence-electron chi connectivity index (χ3n) is 4.23. The first-order valence-electron chi connectivity index (χ1n) is 8.89. The second-order valence-electron chi connectivity index (χ2n) is 6.14. The quantitative estimate of drug-likeness (QED) is 0.567. The number of imidazole rings is 1. The van der Waals surface area contributed by atoms with E-state index in [1.54, 1.807) is 23.1 Å². The van der Waals surface area contributed by atoms with Gasteiger partial charge in [0.2, 0.25) is 5.91 Å². The molecule has 2 amide bonds. The lowest BCUT2D eigenvalue weighted by molar-refractivity contribution is -0.130. The minimum Gasteiger partial charge on any atom is -0.344 e. The third-order valence-corrected chi connectivity index (χ3v) is 5.10. The predicted octanol–water partition coefficient (Wildman–Crippen LogP) is 3.23. The topological polar surface area (TPSA) is 67.2 Å². The van der Waals surface area contributed by atoms with Crippen molar-refractivity contribution in [2.45, 2.75) is 13.1 Å².